The molecule has 12 aromatic rings. The van der Waals surface area contributed by atoms with E-state index in [2.05, 4.69) is 261 Å². The summed E-state index contributed by atoms with van der Waals surface area (Å²) in [4.78, 5) is 2.55. The first-order valence-corrected chi connectivity index (χ1v) is 27.1. The number of hydrogen-bond donors (Lipinski definition) is 0. The number of para-hydroxylation sites is 3. The Morgan fingerprint density at radius 2 is 0.868 bits per heavy atom. The lowest BCUT2D eigenvalue weighted by Gasteiger charge is -2.34. The topological polar surface area (TPSA) is 29.5 Å². The van der Waals surface area contributed by atoms with E-state index in [4.69, 9.17) is 8.83 Å². The van der Waals surface area contributed by atoms with Gasteiger partial charge in [0.1, 0.15) is 22.3 Å². The molecule has 2 heterocycles. The highest BCUT2D eigenvalue weighted by Gasteiger charge is 2.49. The Balaban J connectivity index is 0.938. The molecule has 76 heavy (non-hydrogen) atoms. The van der Waals surface area contributed by atoms with Crippen LogP contribution in [0.2, 0.25) is 0 Å². The third-order valence-corrected chi connectivity index (χ3v) is 17.9. The molecule has 0 saturated heterocycles. The SMILES string of the molecule is CC(C)(C)c1ccccc1N(c1ccc2c(c1)C(C)(C)c1cc(-c3ccc(-c4ccccc4)cc3)c3oc4ccccc4c3c1-2)c1ccc2c(c1)C(C)(C)c1c3c(c4oc5ccccc5c4c1-2)-c1ccccc1C3(C)C. The minimum atomic E-state index is -0.342. The number of furan rings is 2. The fourth-order valence-electron chi connectivity index (χ4n) is 14.3. The zero-order valence-corrected chi connectivity index (χ0v) is 44.7. The second-order valence-corrected chi connectivity index (χ2v) is 24.4. The van der Waals surface area contributed by atoms with Gasteiger partial charge in [-0.05, 0) is 137 Å². The van der Waals surface area contributed by atoms with Gasteiger partial charge < -0.3 is 13.7 Å². The first-order chi connectivity index (χ1) is 36.6. The van der Waals surface area contributed by atoms with Gasteiger partial charge in [-0.15, -0.1) is 0 Å². The third-order valence-electron chi connectivity index (χ3n) is 17.9. The first-order valence-electron chi connectivity index (χ1n) is 27.1. The van der Waals surface area contributed by atoms with Gasteiger partial charge in [-0.2, -0.15) is 0 Å². The van der Waals surface area contributed by atoms with Crippen molar-refractivity contribution in [3.05, 3.63) is 233 Å². The molecule has 15 rings (SSSR count). The predicted molar refractivity (Wildman–Crippen MR) is 318 cm³/mol. The predicted octanol–water partition coefficient (Wildman–Crippen LogP) is 20.5. The molecule has 3 aliphatic rings. The molecule has 0 radical (unpaired) electrons. The number of hydrogen-bond acceptors (Lipinski definition) is 3. The van der Waals surface area contributed by atoms with Crippen LogP contribution in [0.4, 0.5) is 17.1 Å². The Bertz CT molecular complexity index is 4450. The van der Waals surface area contributed by atoms with Gasteiger partial charge in [-0.1, -0.05) is 208 Å². The fourth-order valence-corrected chi connectivity index (χ4v) is 14.3. The van der Waals surface area contributed by atoms with Crippen molar-refractivity contribution in [2.24, 2.45) is 0 Å². The van der Waals surface area contributed by atoms with E-state index in [1.165, 1.54) is 105 Å². The summed E-state index contributed by atoms with van der Waals surface area (Å²) in [6.45, 7) is 21.6. The van der Waals surface area contributed by atoms with Crippen molar-refractivity contribution in [1.29, 1.82) is 0 Å². The van der Waals surface area contributed by atoms with Crippen LogP contribution in [0.15, 0.2) is 203 Å². The average Bonchev–Trinajstić information content (AvgIpc) is 4.19. The number of nitrogens with zero attached hydrogens (tertiary/aromatic N) is 1. The second kappa shape index (κ2) is 15.4. The zero-order valence-electron chi connectivity index (χ0n) is 44.7. The van der Waals surface area contributed by atoms with Crippen molar-refractivity contribution in [3.8, 4) is 55.6 Å². The van der Waals surface area contributed by atoms with E-state index in [-0.39, 0.29) is 21.7 Å². The molecule has 0 spiro atoms. The van der Waals surface area contributed by atoms with Gasteiger partial charge in [0.05, 0.1) is 0 Å². The summed E-state index contributed by atoms with van der Waals surface area (Å²) in [5.74, 6) is 0. The van der Waals surface area contributed by atoms with Crippen LogP contribution in [0.25, 0.3) is 99.5 Å². The van der Waals surface area contributed by atoms with Crippen molar-refractivity contribution in [2.75, 3.05) is 4.90 Å². The second-order valence-electron chi connectivity index (χ2n) is 24.4. The van der Waals surface area contributed by atoms with Crippen LogP contribution >= 0.6 is 0 Å². The fraction of sp³-hybridized carbons (Fsp3) is 0.178. The van der Waals surface area contributed by atoms with E-state index in [1.807, 2.05) is 0 Å². The molecule has 368 valence electrons. The van der Waals surface area contributed by atoms with Gasteiger partial charge >= 0.3 is 0 Å². The highest BCUT2D eigenvalue weighted by atomic mass is 16.3. The number of anilines is 3. The average molecular weight is 982 g/mol. The molecule has 3 nitrogen and oxygen atoms in total. The van der Waals surface area contributed by atoms with Crippen LogP contribution in [-0.4, -0.2) is 0 Å². The minimum absolute atomic E-state index is 0.133. The molecule has 0 bridgehead atoms. The maximum Gasteiger partial charge on any atom is 0.144 e. The number of fused-ring (bicyclic) bond motifs is 19. The van der Waals surface area contributed by atoms with Crippen LogP contribution in [0, 0.1) is 0 Å². The Hall–Kier alpha value is -8.40. The molecule has 0 atom stereocenters. The lowest BCUT2D eigenvalue weighted by molar-refractivity contribution is 0.591. The molecule has 3 aliphatic carbocycles. The summed E-state index contributed by atoms with van der Waals surface area (Å²) in [5.41, 5.74) is 27.9. The van der Waals surface area contributed by atoms with E-state index < -0.39 is 0 Å². The van der Waals surface area contributed by atoms with Crippen LogP contribution < -0.4 is 4.90 Å². The highest BCUT2D eigenvalue weighted by molar-refractivity contribution is 6.21. The van der Waals surface area contributed by atoms with Crippen LogP contribution in [0.3, 0.4) is 0 Å². The van der Waals surface area contributed by atoms with Gasteiger partial charge in [0, 0.05) is 66.0 Å². The quantitative estimate of drug-likeness (QED) is 0.172. The Morgan fingerprint density at radius 3 is 1.55 bits per heavy atom. The zero-order chi connectivity index (χ0) is 51.8. The van der Waals surface area contributed by atoms with Gasteiger partial charge in [0.15, 0.2) is 0 Å². The molecule has 3 heteroatoms. The van der Waals surface area contributed by atoms with Crippen molar-refractivity contribution in [3.63, 3.8) is 0 Å². The minimum Gasteiger partial charge on any atom is -0.455 e. The summed E-state index contributed by atoms with van der Waals surface area (Å²) in [5, 5.41) is 4.72. The van der Waals surface area contributed by atoms with Crippen LogP contribution in [-0.2, 0) is 21.7 Å². The van der Waals surface area contributed by atoms with Crippen LogP contribution in [0.1, 0.15) is 101 Å². The van der Waals surface area contributed by atoms with Crippen molar-refractivity contribution < 1.29 is 8.83 Å². The van der Waals surface area contributed by atoms with Gasteiger partial charge in [0.25, 0.3) is 0 Å². The lowest BCUT2D eigenvalue weighted by Crippen LogP contribution is -2.24. The molecule has 0 N–H and O–H groups in total. The van der Waals surface area contributed by atoms with Gasteiger partial charge in [-0.25, -0.2) is 0 Å². The van der Waals surface area contributed by atoms with Gasteiger partial charge in [-0.3, -0.25) is 0 Å². The smallest absolute Gasteiger partial charge is 0.144 e. The maximum atomic E-state index is 7.03. The van der Waals surface area contributed by atoms with Crippen LogP contribution in [0.5, 0.6) is 0 Å². The molecule has 0 aliphatic heterocycles. The molecular formula is C73H59NO2. The standard InChI is InChI=1S/C73H59NO2/c1-70(2,3)54-27-17-18-28-58(54)74(46-36-38-49-56(40-46)73(8,9)66-62(49)64-51-25-15-20-30-60(51)76-69(64)65-47-23-13-16-26-53(47)72(6,7)67(65)66)45-35-37-48-55(39-45)71(4,5)57-41-52(44-33-31-43(32-34-44)42-21-11-10-12-22-42)68-63(61(48)57)50-24-14-19-29-59(50)75-68/h10-41H,1-9H3. The maximum absolute atomic E-state index is 7.03. The third kappa shape index (κ3) is 6.00. The molecule has 2 aromatic heterocycles. The molecular weight excluding hydrogens is 923 g/mol. The highest BCUT2D eigenvalue weighted by Crippen LogP contribution is 2.64. The molecule has 10 aromatic carbocycles. The van der Waals surface area contributed by atoms with Crippen molar-refractivity contribution in [2.45, 2.75) is 84.0 Å². The monoisotopic (exact) mass is 981 g/mol. The van der Waals surface area contributed by atoms with E-state index in [1.54, 1.807) is 0 Å². The summed E-state index contributed by atoms with van der Waals surface area (Å²) >= 11 is 0. The molecule has 0 unspecified atom stereocenters. The summed E-state index contributed by atoms with van der Waals surface area (Å²) in [7, 11) is 0. The number of rotatable bonds is 5. The van der Waals surface area contributed by atoms with Crippen molar-refractivity contribution >= 4 is 60.9 Å². The van der Waals surface area contributed by atoms with E-state index in [0.29, 0.717) is 0 Å². The summed E-state index contributed by atoms with van der Waals surface area (Å²) in [6, 6.07) is 71.9. The summed E-state index contributed by atoms with van der Waals surface area (Å²) < 4.78 is 14.0. The Kier molecular flexibility index (Phi) is 9.10. The summed E-state index contributed by atoms with van der Waals surface area (Å²) in [6.07, 6.45) is 0. The largest absolute Gasteiger partial charge is 0.455 e. The van der Waals surface area contributed by atoms with E-state index in [9.17, 15) is 0 Å². The normalized spacial score (nSPS) is 15.2. The molecule has 0 fully saturated rings. The lowest BCUT2D eigenvalue weighted by atomic mass is 9.72. The van der Waals surface area contributed by atoms with Crippen molar-refractivity contribution in [1.82, 2.24) is 0 Å². The molecule has 0 saturated carbocycles. The van der Waals surface area contributed by atoms with E-state index >= 15 is 0 Å². The Morgan fingerprint density at radius 1 is 0.368 bits per heavy atom. The van der Waals surface area contributed by atoms with E-state index in [0.717, 1.165) is 50.2 Å². The van der Waals surface area contributed by atoms with Gasteiger partial charge in [0.2, 0.25) is 0 Å². The molecule has 0 amide bonds. The number of benzene rings is 10. The Labute approximate surface area is 445 Å². The first kappa shape index (κ1) is 45.0.